The highest BCUT2D eigenvalue weighted by Gasteiger charge is 1.87. The highest BCUT2D eigenvalue weighted by molar-refractivity contribution is 5.69. The minimum atomic E-state index is 1.23. The molecule has 0 aliphatic carbocycles. The summed E-state index contributed by atoms with van der Waals surface area (Å²) in [6, 6.07) is 18.9. The normalized spacial score (nSPS) is 8.04. The zero-order chi connectivity index (χ0) is 18.5. The maximum Gasteiger partial charge on any atom is -0.0256 e. The molecule has 0 radical (unpaired) electrons. The minimum absolute atomic E-state index is 1.23. The van der Waals surface area contributed by atoms with Crippen molar-refractivity contribution in [1.29, 1.82) is 0 Å². The Hall–Kier alpha value is -1.82. The van der Waals surface area contributed by atoms with Crippen molar-refractivity contribution in [2.24, 2.45) is 0 Å². The smallest absolute Gasteiger partial charge is 0.0256 e. The summed E-state index contributed by atoms with van der Waals surface area (Å²) >= 11 is 0. The van der Waals surface area contributed by atoms with Gasteiger partial charge >= 0.3 is 0 Å². The Morgan fingerprint density at radius 3 is 1.22 bits per heavy atom. The van der Waals surface area contributed by atoms with E-state index in [9.17, 15) is 0 Å². The molecule has 0 atom stereocenters. The van der Waals surface area contributed by atoms with Gasteiger partial charge in [0, 0.05) is 0 Å². The van der Waals surface area contributed by atoms with E-state index in [1.807, 2.05) is 61.5 Å². The van der Waals surface area contributed by atoms with Gasteiger partial charge in [-0.3, -0.25) is 0 Å². The molecule has 0 N–H and O–H groups in total. The van der Waals surface area contributed by atoms with Gasteiger partial charge in [0.25, 0.3) is 0 Å². The molecule has 0 bridgehead atoms. The van der Waals surface area contributed by atoms with Gasteiger partial charge < -0.3 is 0 Å². The molecule has 0 nitrogen and oxygen atoms in total. The zero-order valence-electron chi connectivity index (χ0n) is 16.9. The second kappa shape index (κ2) is 22.5. The Kier molecular flexibility index (Phi) is 25.5. The van der Waals surface area contributed by atoms with E-state index in [0.29, 0.717) is 0 Å². The summed E-state index contributed by atoms with van der Waals surface area (Å²) < 4.78 is 0. The van der Waals surface area contributed by atoms with Crippen LogP contribution < -0.4 is 0 Å². The molecule has 0 unspecified atom stereocenters. The molecular weight excluding hydrogens is 276 g/mol. The average Bonchev–Trinajstić information content (AvgIpc) is 2.69. The summed E-state index contributed by atoms with van der Waals surface area (Å²) in [5, 5.41) is 0. The van der Waals surface area contributed by atoms with Crippen LogP contribution >= 0.6 is 0 Å². The van der Waals surface area contributed by atoms with Crippen LogP contribution in [0.25, 0.3) is 12.2 Å². The summed E-state index contributed by atoms with van der Waals surface area (Å²) in [5.41, 5.74) is 3.77. The van der Waals surface area contributed by atoms with Crippen molar-refractivity contribution in [2.45, 2.75) is 62.3 Å². The highest BCUT2D eigenvalue weighted by Crippen LogP contribution is 2.08. The van der Waals surface area contributed by atoms with Gasteiger partial charge in [0.1, 0.15) is 0 Å². The summed E-state index contributed by atoms with van der Waals surface area (Å²) in [6.07, 6.45) is 4.26. The summed E-state index contributed by atoms with van der Waals surface area (Å²) in [5.74, 6) is 0. The third-order valence-corrected chi connectivity index (χ3v) is 2.35. The predicted molar refractivity (Wildman–Crippen MR) is 112 cm³/mol. The Morgan fingerprint density at radius 1 is 0.478 bits per heavy atom. The number of rotatable bonds is 2. The molecule has 0 aliphatic rings. The van der Waals surface area contributed by atoms with Crippen molar-refractivity contribution in [3.8, 4) is 0 Å². The average molecular weight is 315 g/mol. The lowest BCUT2D eigenvalue weighted by Gasteiger charge is -1.95. The van der Waals surface area contributed by atoms with E-state index in [4.69, 9.17) is 0 Å². The first-order chi connectivity index (χ1) is 11.3. The van der Waals surface area contributed by atoms with Crippen LogP contribution in [0.3, 0.4) is 0 Å². The maximum absolute atomic E-state index is 2.13. The van der Waals surface area contributed by atoms with Crippen LogP contribution in [0.1, 0.15) is 72.1 Å². The van der Waals surface area contributed by atoms with E-state index >= 15 is 0 Å². The van der Waals surface area contributed by atoms with Crippen molar-refractivity contribution in [3.63, 3.8) is 0 Å². The Labute approximate surface area is 146 Å². The quantitative estimate of drug-likeness (QED) is 0.489. The van der Waals surface area contributed by atoms with Crippen LogP contribution in [0.15, 0.2) is 54.6 Å². The molecule has 0 saturated heterocycles. The van der Waals surface area contributed by atoms with Crippen molar-refractivity contribution in [1.82, 2.24) is 0 Å². The molecule has 130 valence electrons. The fraction of sp³-hybridized carbons (Fsp3) is 0.391. The molecule has 2 rings (SSSR count). The summed E-state index contributed by atoms with van der Waals surface area (Å²) in [6.45, 7) is 18.1. The fourth-order valence-corrected chi connectivity index (χ4v) is 1.43. The van der Waals surface area contributed by atoms with E-state index in [0.717, 1.165) is 0 Å². The Bertz CT molecular complexity index is 435. The lowest BCUT2D eigenvalue weighted by atomic mass is 10.1. The topological polar surface area (TPSA) is 0 Å². The van der Waals surface area contributed by atoms with E-state index in [1.165, 1.54) is 16.7 Å². The fourth-order valence-electron chi connectivity index (χ4n) is 1.43. The van der Waals surface area contributed by atoms with Crippen LogP contribution in [-0.4, -0.2) is 0 Å². The van der Waals surface area contributed by atoms with Crippen LogP contribution in [-0.2, 0) is 0 Å². The molecule has 0 saturated carbocycles. The van der Waals surface area contributed by atoms with E-state index in [-0.39, 0.29) is 0 Å². The second-order valence-electron chi connectivity index (χ2n) is 3.65. The number of hydrogen-bond donors (Lipinski definition) is 0. The first-order valence-corrected chi connectivity index (χ1v) is 9.14. The second-order valence-corrected chi connectivity index (χ2v) is 3.65. The largest absolute Gasteiger partial charge is 0.0683 e. The van der Waals surface area contributed by atoms with Crippen LogP contribution in [0, 0.1) is 6.92 Å². The van der Waals surface area contributed by atoms with E-state index in [1.54, 1.807) is 0 Å². The van der Waals surface area contributed by atoms with Gasteiger partial charge in [0.05, 0.1) is 0 Å². The maximum atomic E-state index is 2.13. The zero-order valence-corrected chi connectivity index (χ0v) is 16.9. The molecule has 2 aromatic rings. The molecule has 23 heavy (non-hydrogen) atoms. The lowest BCUT2D eigenvalue weighted by molar-refractivity contribution is 1.46. The first kappa shape index (κ1) is 26.1. The van der Waals surface area contributed by atoms with Gasteiger partial charge in [0.2, 0.25) is 0 Å². The predicted octanol–water partition coefficient (Wildman–Crippen LogP) is 8.27. The number of benzene rings is 2. The number of aryl methyl sites for hydroxylation is 1. The van der Waals surface area contributed by atoms with Gasteiger partial charge in [-0.05, 0) is 18.1 Å². The molecule has 0 spiro atoms. The molecule has 0 heterocycles. The molecule has 0 heteroatoms. The molecular formula is C23H38. The third kappa shape index (κ3) is 14.9. The molecule has 0 aliphatic heterocycles. The Morgan fingerprint density at radius 2 is 0.826 bits per heavy atom. The lowest BCUT2D eigenvalue weighted by Crippen LogP contribution is -1.74. The monoisotopic (exact) mass is 314 g/mol. The molecule has 0 fully saturated rings. The summed E-state index contributed by atoms with van der Waals surface area (Å²) in [4.78, 5) is 0. The minimum Gasteiger partial charge on any atom is -0.0683 e. The SMILES string of the molecule is CC.CC.CC.CC.Cc1ccc(/C=C/c2ccccc2)cc1. The van der Waals surface area contributed by atoms with Gasteiger partial charge in [-0.25, -0.2) is 0 Å². The first-order valence-electron chi connectivity index (χ1n) is 9.14. The molecule has 0 amide bonds. The van der Waals surface area contributed by atoms with Crippen LogP contribution in [0.4, 0.5) is 0 Å². The highest BCUT2D eigenvalue weighted by atomic mass is 13.9. The standard InChI is InChI=1S/C15H14.4C2H6/c1-13-7-9-15(10-8-13)12-11-14-5-3-2-4-6-14;4*1-2/h2-12H,1H3;4*1-2H3/b12-11+;;;;. The molecule has 2 aromatic carbocycles. The van der Waals surface area contributed by atoms with Crippen LogP contribution in [0.2, 0.25) is 0 Å². The van der Waals surface area contributed by atoms with Gasteiger partial charge in [-0.15, -0.1) is 0 Å². The van der Waals surface area contributed by atoms with Crippen molar-refractivity contribution in [2.75, 3.05) is 0 Å². The summed E-state index contributed by atoms with van der Waals surface area (Å²) in [7, 11) is 0. The molecule has 0 aromatic heterocycles. The van der Waals surface area contributed by atoms with Gasteiger partial charge in [-0.1, -0.05) is 128 Å². The number of hydrogen-bond acceptors (Lipinski definition) is 0. The van der Waals surface area contributed by atoms with Crippen LogP contribution in [0.5, 0.6) is 0 Å². The Balaban J connectivity index is -0.000000438. The van der Waals surface area contributed by atoms with Crippen molar-refractivity contribution >= 4 is 12.2 Å². The van der Waals surface area contributed by atoms with Crippen molar-refractivity contribution < 1.29 is 0 Å². The van der Waals surface area contributed by atoms with E-state index in [2.05, 4.69) is 67.6 Å². The third-order valence-electron chi connectivity index (χ3n) is 2.35. The van der Waals surface area contributed by atoms with Gasteiger partial charge in [-0.2, -0.15) is 0 Å². The van der Waals surface area contributed by atoms with E-state index < -0.39 is 0 Å². The van der Waals surface area contributed by atoms with Gasteiger partial charge in [0.15, 0.2) is 0 Å². The van der Waals surface area contributed by atoms with Crippen molar-refractivity contribution in [3.05, 3.63) is 71.3 Å².